The Morgan fingerprint density at radius 3 is 2.32 bits per heavy atom. The highest BCUT2D eigenvalue weighted by atomic mass is 16.1. The molecule has 1 rings (SSSR count). The SMILES string of the molecule is CC(C)(C)[C@@H](NCc1cnn(C(C)(C)C)c1)C(N)=O. The summed E-state index contributed by atoms with van der Waals surface area (Å²) in [5, 5.41) is 7.55. The maximum atomic E-state index is 11.5. The number of aromatic nitrogens is 2. The van der Waals surface area contributed by atoms with Crippen molar-refractivity contribution >= 4 is 5.91 Å². The predicted molar refractivity (Wildman–Crippen MR) is 76.5 cm³/mol. The lowest BCUT2D eigenvalue weighted by molar-refractivity contribution is -0.122. The monoisotopic (exact) mass is 266 g/mol. The highest BCUT2D eigenvalue weighted by Gasteiger charge is 2.29. The van der Waals surface area contributed by atoms with E-state index in [1.807, 2.05) is 37.8 Å². The fourth-order valence-corrected chi connectivity index (χ4v) is 1.87. The number of amides is 1. The minimum atomic E-state index is -0.356. The Balaban J connectivity index is 2.71. The topological polar surface area (TPSA) is 72.9 Å². The van der Waals surface area contributed by atoms with Crippen LogP contribution in [0.4, 0.5) is 0 Å². The number of hydrogen-bond donors (Lipinski definition) is 2. The van der Waals surface area contributed by atoms with Gasteiger partial charge in [-0.25, -0.2) is 0 Å². The van der Waals surface area contributed by atoms with E-state index in [9.17, 15) is 4.79 Å². The van der Waals surface area contributed by atoms with E-state index < -0.39 is 0 Å². The van der Waals surface area contributed by atoms with E-state index >= 15 is 0 Å². The maximum Gasteiger partial charge on any atom is 0.235 e. The standard InChI is InChI=1S/C14H26N4O/c1-13(2,3)11(12(15)19)16-7-10-8-17-18(9-10)14(4,5)6/h8-9,11,16H,7H2,1-6H3,(H2,15,19)/t11-/m0/s1. The van der Waals surface area contributed by atoms with E-state index in [0.717, 1.165) is 5.56 Å². The molecule has 19 heavy (non-hydrogen) atoms. The Labute approximate surface area is 115 Å². The van der Waals surface area contributed by atoms with Gasteiger partial charge >= 0.3 is 0 Å². The van der Waals surface area contributed by atoms with Crippen LogP contribution in [0, 0.1) is 5.41 Å². The van der Waals surface area contributed by atoms with Crippen LogP contribution in [0.15, 0.2) is 12.4 Å². The highest BCUT2D eigenvalue weighted by Crippen LogP contribution is 2.19. The van der Waals surface area contributed by atoms with Gasteiger partial charge in [0.1, 0.15) is 0 Å². The van der Waals surface area contributed by atoms with Gasteiger partial charge in [0.2, 0.25) is 5.91 Å². The zero-order valence-corrected chi connectivity index (χ0v) is 12.8. The minimum Gasteiger partial charge on any atom is -0.368 e. The Morgan fingerprint density at radius 1 is 1.37 bits per heavy atom. The molecule has 0 spiro atoms. The van der Waals surface area contributed by atoms with Crippen LogP contribution in [0.3, 0.4) is 0 Å². The molecule has 1 amide bonds. The summed E-state index contributed by atoms with van der Waals surface area (Å²) in [4.78, 5) is 11.5. The van der Waals surface area contributed by atoms with Crippen molar-refractivity contribution < 1.29 is 4.79 Å². The molecule has 0 radical (unpaired) electrons. The molecule has 1 atom stereocenters. The fraction of sp³-hybridized carbons (Fsp3) is 0.714. The summed E-state index contributed by atoms with van der Waals surface area (Å²) in [7, 11) is 0. The molecule has 0 aliphatic rings. The molecule has 1 aromatic heterocycles. The number of hydrogen-bond acceptors (Lipinski definition) is 3. The largest absolute Gasteiger partial charge is 0.368 e. The van der Waals surface area contributed by atoms with E-state index in [1.165, 1.54) is 0 Å². The number of primary amides is 1. The second kappa shape index (κ2) is 5.33. The van der Waals surface area contributed by atoms with Crippen molar-refractivity contribution in [3.05, 3.63) is 18.0 Å². The van der Waals surface area contributed by atoms with Crippen LogP contribution < -0.4 is 11.1 Å². The molecule has 108 valence electrons. The first-order valence-corrected chi connectivity index (χ1v) is 6.58. The van der Waals surface area contributed by atoms with Crippen LogP contribution >= 0.6 is 0 Å². The van der Waals surface area contributed by atoms with Crippen molar-refractivity contribution in [1.82, 2.24) is 15.1 Å². The van der Waals surface area contributed by atoms with Crippen LogP contribution in [0.5, 0.6) is 0 Å². The first kappa shape index (κ1) is 15.7. The number of carbonyl (C=O) groups is 1. The van der Waals surface area contributed by atoms with E-state index in [4.69, 9.17) is 5.73 Å². The first-order valence-electron chi connectivity index (χ1n) is 6.58. The van der Waals surface area contributed by atoms with Crippen molar-refractivity contribution in [2.75, 3.05) is 0 Å². The Kier molecular flexibility index (Phi) is 4.40. The number of carbonyl (C=O) groups excluding carboxylic acids is 1. The van der Waals surface area contributed by atoms with Gasteiger partial charge in [0.25, 0.3) is 0 Å². The van der Waals surface area contributed by atoms with E-state index in [2.05, 4.69) is 31.2 Å². The lowest BCUT2D eigenvalue weighted by atomic mass is 9.86. The van der Waals surface area contributed by atoms with Crippen LogP contribution in [0.25, 0.3) is 0 Å². The number of nitrogens with two attached hydrogens (primary N) is 1. The molecule has 0 fully saturated rings. The molecule has 1 heterocycles. The zero-order chi connectivity index (χ0) is 14.8. The average molecular weight is 266 g/mol. The minimum absolute atomic E-state index is 0.0363. The van der Waals surface area contributed by atoms with Gasteiger partial charge in [-0.05, 0) is 26.2 Å². The Hall–Kier alpha value is -1.36. The van der Waals surface area contributed by atoms with Crippen molar-refractivity contribution in [3.63, 3.8) is 0 Å². The molecule has 5 nitrogen and oxygen atoms in total. The van der Waals surface area contributed by atoms with E-state index in [1.54, 1.807) is 0 Å². The first-order chi connectivity index (χ1) is 8.51. The second-order valence-corrected chi connectivity index (χ2v) is 7.05. The third-order valence-corrected chi connectivity index (χ3v) is 2.98. The van der Waals surface area contributed by atoms with Crippen LogP contribution in [-0.2, 0) is 16.9 Å². The molecule has 0 aromatic carbocycles. The van der Waals surface area contributed by atoms with Crippen LogP contribution in [0.1, 0.15) is 47.1 Å². The van der Waals surface area contributed by atoms with E-state index in [0.29, 0.717) is 6.54 Å². The summed E-state index contributed by atoms with van der Waals surface area (Å²) in [5.74, 6) is -0.323. The third kappa shape index (κ3) is 4.35. The molecule has 5 heteroatoms. The fourth-order valence-electron chi connectivity index (χ4n) is 1.87. The van der Waals surface area contributed by atoms with Crippen molar-refractivity contribution in [2.45, 2.75) is 59.7 Å². The smallest absolute Gasteiger partial charge is 0.235 e. The summed E-state index contributed by atoms with van der Waals surface area (Å²) < 4.78 is 1.92. The Morgan fingerprint density at radius 2 is 1.95 bits per heavy atom. The molecule has 0 aliphatic carbocycles. The normalized spacial score (nSPS) is 14.4. The molecule has 0 aliphatic heterocycles. The number of nitrogens with zero attached hydrogens (tertiary/aromatic N) is 2. The molecular formula is C14H26N4O. The van der Waals surface area contributed by atoms with E-state index in [-0.39, 0.29) is 22.9 Å². The van der Waals surface area contributed by atoms with Gasteiger partial charge in [-0.15, -0.1) is 0 Å². The van der Waals surface area contributed by atoms with Gasteiger partial charge in [0.15, 0.2) is 0 Å². The lowest BCUT2D eigenvalue weighted by Crippen LogP contribution is -2.49. The quantitative estimate of drug-likeness (QED) is 0.870. The summed E-state index contributed by atoms with van der Waals surface area (Å²) >= 11 is 0. The van der Waals surface area contributed by atoms with Gasteiger partial charge in [0.05, 0.1) is 17.8 Å². The zero-order valence-electron chi connectivity index (χ0n) is 12.8. The summed E-state index contributed by atoms with van der Waals surface area (Å²) in [6.07, 6.45) is 3.81. The Bertz CT molecular complexity index is 437. The van der Waals surface area contributed by atoms with Crippen molar-refractivity contribution in [2.24, 2.45) is 11.1 Å². The van der Waals surface area contributed by atoms with Crippen LogP contribution in [0.2, 0.25) is 0 Å². The second-order valence-electron chi connectivity index (χ2n) is 7.05. The molecular weight excluding hydrogens is 240 g/mol. The summed E-state index contributed by atoms with van der Waals surface area (Å²) in [6.45, 7) is 12.9. The molecule has 0 unspecified atom stereocenters. The summed E-state index contributed by atoms with van der Waals surface area (Å²) in [6, 6.07) is -0.356. The number of rotatable bonds is 4. The summed E-state index contributed by atoms with van der Waals surface area (Å²) in [5.41, 5.74) is 6.25. The number of nitrogens with one attached hydrogen (secondary N) is 1. The maximum absolute atomic E-state index is 11.5. The van der Waals surface area contributed by atoms with Gasteiger partial charge in [-0.3, -0.25) is 9.48 Å². The molecule has 0 saturated heterocycles. The highest BCUT2D eigenvalue weighted by molar-refractivity contribution is 5.80. The predicted octanol–water partition coefficient (Wildman–Crippen LogP) is 1.63. The van der Waals surface area contributed by atoms with Gasteiger partial charge in [-0.1, -0.05) is 20.8 Å². The molecule has 3 N–H and O–H groups in total. The van der Waals surface area contributed by atoms with Gasteiger partial charge < -0.3 is 11.1 Å². The van der Waals surface area contributed by atoms with Crippen molar-refractivity contribution in [1.29, 1.82) is 0 Å². The lowest BCUT2D eigenvalue weighted by Gasteiger charge is -2.28. The van der Waals surface area contributed by atoms with Crippen LogP contribution in [-0.4, -0.2) is 21.7 Å². The third-order valence-electron chi connectivity index (χ3n) is 2.98. The molecule has 0 bridgehead atoms. The van der Waals surface area contributed by atoms with Crippen molar-refractivity contribution in [3.8, 4) is 0 Å². The molecule has 1 aromatic rings. The molecule has 0 saturated carbocycles. The average Bonchev–Trinajstić information content (AvgIpc) is 2.62. The van der Waals surface area contributed by atoms with Gasteiger partial charge in [0, 0.05) is 18.3 Å². The van der Waals surface area contributed by atoms with Gasteiger partial charge in [-0.2, -0.15) is 5.10 Å².